The standard InChI is InChI=1S/C16H17N7O2/c1-7(2)23-13-11(14(24)21-16(18-3)20-13)12(22-23)8-4-5-10-9(6-8)19-15(17)25-10/h4-7H,1-3H3,(H2,17,19)(H2,18,20,21,24). The van der Waals surface area contributed by atoms with Gasteiger partial charge in [-0.1, -0.05) is 0 Å². The molecule has 0 radical (unpaired) electrons. The van der Waals surface area contributed by atoms with E-state index in [1.807, 2.05) is 19.9 Å². The van der Waals surface area contributed by atoms with Crippen LogP contribution >= 0.6 is 0 Å². The SMILES string of the molecule is CNc1nc2c(c(-c3ccc4oc(N)nc4c3)nn2C(C)C)c(=O)[nH]1. The number of aromatic nitrogens is 5. The fraction of sp³-hybridized carbons (Fsp3) is 0.250. The van der Waals surface area contributed by atoms with Crippen molar-refractivity contribution in [3.63, 3.8) is 0 Å². The lowest BCUT2D eigenvalue weighted by molar-refractivity contribution is 0.548. The van der Waals surface area contributed by atoms with Crippen molar-refractivity contribution >= 4 is 34.1 Å². The lowest BCUT2D eigenvalue weighted by Gasteiger charge is -2.06. The van der Waals surface area contributed by atoms with E-state index < -0.39 is 0 Å². The highest BCUT2D eigenvalue weighted by Crippen LogP contribution is 2.29. The van der Waals surface area contributed by atoms with Gasteiger partial charge in [-0.05, 0) is 32.0 Å². The molecule has 0 bridgehead atoms. The summed E-state index contributed by atoms with van der Waals surface area (Å²) in [6.45, 7) is 3.97. The zero-order valence-electron chi connectivity index (χ0n) is 14.0. The quantitative estimate of drug-likeness (QED) is 0.521. The van der Waals surface area contributed by atoms with Gasteiger partial charge in [0, 0.05) is 18.7 Å². The fourth-order valence-corrected chi connectivity index (χ4v) is 2.82. The van der Waals surface area contributed by atoms with Gasteiger partial charge in [-0.3, -0.25) is 9.78 Å². The monoisotopic (exact) mass is 339 g/mol. The van der Waals surface area contributed by atoms with Crippen LogP contribution in [0.5, 0.6) is 0 Å². The highest BCUT2D eigenvalue weighted by molar-refractivity contribution is 5.93. The minimum absolute atomic E-state index is 0.0432. The molecule has 128 valence electrons. The molecule has 0 saturated carbocycles. The summed E-state index contributed by atoms with van der Waals surface area (Å²) in [5.74, 6) is 0.394. The molecule has 3 aromatic heterocycles. The molecule has 4 aromatic rings. The van der Waals surface area contributed by atoms with Gasteiger partial charge in [-0.15, -0.1) is 0 Å². The van der Waals surface area contributed by atoms with Crippen molar-refractivity contribution < 1.29 is 4.42 Å². The smallest absolute Gasteiger partial charge is 0.292 e. The lowest BCUT2D eigenvalue weighted by Crippen LogP contribution is -2.12. The highest BCUT2D eigenvalue weighted by Gasteiger charge is 2.20. The van der Waals surface area contributed by atoms with Crippen LogP contribution in [-0.2, 0) is 0 Å². The molecule has 0 fully saturated rings. The molecule has 0 amide bonds. The first-order valence-electron chi connectivity index (χ1n) is 7.84. The maximum Gasteiger partial charge on any atom is 0.292 e. The van der Waals surface area contributed by atoms with E-state index in [4.69, 9.17) is 10.2 Å². The van der Waals surface area contributed by atoms with Crippen LogP contribution in [0, 0.1) is 0 Å². The number of hydrogen-bond acceptors (Lipinski definition) is 7. The molecule has 25 heavy (non-hydrogen) atoms. The number of H-pyrrole nitrogens is 1. The van der Waals surface area contributed by atoms with Crippen LogP contribution in [0.2, 0.25) is 0 Å². The van der Waals surface area contributed by atoms with E-state index in [1.165, 1.54) is 0 Å². The van der Waals surface area contributed by atoms with Crippen molar-refractivity contribution in [2.75, 3.05) is 18.1 Å². The molecule has 9 nitrogen and oxygen atoms in total. The van der Waals surface area contributed by atoms with Crippen molar-refractivity contribution in [3.05, 3.63) is 28.6 Å². The molecule has 9 heteroatoms. The van der Waals surface area contributed by atoms with Gasteiger partial charge in [-0.2, -0.15) is 15.1 Å². The Bertz CT molecular complexity index is 1150. The molecule has 0 unspecified atom stereocenters. The second kappa shape index (κ2) is 5.33. The minimum Gasteiger partial charge on any atom is -0.424 e. The molecule has 4 rings (SSSR count). The number of fused-ring (bicyclic) bond motifs is 2. The van der Waals surface area contributed by atoms with E-state index >= 15 is 0 Å². The van der Waals surface area contributed by atoms with Gasteiger partial charge in [-0.25, -0.2) is 4.68 Å². The minimum atomic E-state index is -0.254. The summed E-state index contributed by atoms with van der Waals surface area (Å²) in [6, 6.07) is 5.53. The summed E-state index contributed by atoms with van der Waals surface area (Å²) in [5, 5.41) is 7.92. The van der Waals surface area contributed by atoms with Crippen LogP contribution < -0.4 is 16.6 Å². The molecule has 0 aliphatic heterocycles. The normalized spacial score (nSPS) is 11.7. The van der Waals surface area contributed by atoms with Crippen molar-refractivity contribution in [2.24, 2.45) is 0 Å². The Labute approximate surface area is 141 Å². The Morgan fingerprint density at radius 3 is 2.84 bits per heavy atom. The second-order valence-corrected chi connectivity index (χ2v) is 5.98. The summed E-state index contributed by atoms with van der Waals surface area (Å²) < 4.78 is 7.03. The van der Waals surface area contributed by atoms with Gasteiger partial charge in [0.25, 0.3) is 11.6 Å². The van der Waals surface area contributed by atoms with Crippen LogP contribution in [0.4, 0.5) is 12.0 Å². The van der Waals surface area contributed by atoms with Crippen LogP contribution in [0.3, 0.4) is 0 Å². The third-order valence-corrected chi connectivity index (χ3v) is 3.97. The second-order valence-electron chi connectivity index (χ2n) is 5.98. The number of nitrogen functional groups attached to an aromatic ring is 1. The molecular formula is C16H17N7O2. The Kier molecular flexibility index (Phi) is 3.24. The predicted octanol–water partition coefficient (Wildman–Crippen LogP) is 2.13. The first kappa shape index (κ1) is 15.2. The predicted molar refractivity (Wildman–Crippen MR) is 95.5 cm³/mol. The van der Waals surface area contributed by atoms with Gasteiger partial charge < -0.3 is 15.5 Å². The topological polar surface area (TPSA) is 128 Å². The molecule has 0 aliphatic carbocycles. The Balaban J connectivity index is 2.04. The molecular weight excluding hydrogens is 322 g/mol. The van der Waals surface area contributed by atoms with E-state index in [2.05, 4.69) is 25.4 Å². The third kappa shape index (κ3) is 2.32. The van der Waals surface area contributed by atoms with E-state index in [0.29, 0.717) is 33.8 Å². The summed E-state index contributed by atoms with van der Waals surface area (Å²) in [4.78, 5) is 23.9. The third-order valence-electron chi connectivity index (χ3n) is 3.97. The van der Waals surface area contributed by atoms with Crippen LogP contribution in [0.25, 0.3) is 33.4 Å². The van der Waals surface area contributed by atoms with Crippen molar-refractivity contribution in [1.29, 1.82) is 0 Å². The van der Waals surface area contributed by atoms with Gasteiger partial charge in [0.05, 0.1) is 0 Å². The largest absolute Gasteiger partial charge is 0.424 e. The summed E-state index contributed by atoms with van der Waals surface area (Å²) in [5.41, 5.74) is 8.35. The molecule has 0 saturated heterocycles. The average molecular weight is 339 g/mol. The number of benzene rings is 1. The molecule has 0 spiro atoms. The molecule has 3 heterocycles. The maximum atomic E-state index is 12.6. The number of rotatable bonds is 3. The van der Waals surface area contributed by atoms with Crippen molar-refractivity contribution in [2.45, 2.75) is 19.9 Å². The zero-order valence-corrected chi connectivity index (χ0v) is 14.0. The van der Waals surface area contributed by atoms with Gasteiger partial charge in [0.1, 0.15) is 16.6 Å². The van der Waals surface area contributed by atoms with E-state index in [-0.39, 0.29) is 17.6 Å². The van der Waals surface area contributed by atoms with Crippen molar-refractivity contribution in [1.82, 2.24) is 24.7 Å². The fourth-order valence-electron chi connectivity index (χ4n) is 2.82. The molecule has 0 atom stereocenters. The van der Waals surface area contributed by atoms with E-state index in [9.17, 15) is 4.79 Å². The Morgan fingerprint density at radius 2 is 2.12 bits per heavy atom. The molecule has 1 aromatic carbocycles. The van der Waals surface area contributed by atoms with Crippen LogP contribution in [-0.4, -0.2) is 31.8 Å². The first-order valence-corrected chi connectivity index (χ1v) is 7.84. The number of hydrogen-bond donors (Lipinski definition) is 3. The zero-order chi connectivity index (χ0) is 17.7. The summed E-state index contributed by atoms with van der Waals surface area (Å²) in [6.07, 6.45) is 0. The number of anilines is 2. The number of nitrogens with one attached hydrogen (secondary N) is 2. The summed E-state index contributed by atoms with van der Waals surface area (Å²) >= 11 is 0. The van der Waals surface area contributed by atoms with Gasteiger partial charge in [0.15, 0.2) is 11.2 Å². The van der Waals surface area contributed by atoms with Crippen LogP contribution in [0.1, 0.15) is 19.9 Å². The first-order chi connectivity index (χ1) is 12.0. The van der Waals surface area contributed by atoms with E-state index in [0.717, 1.165) is 5.56 Å². The highest BCUT2D eigenvalue weighted by atomic mass is 16.4. The molecule has 0 aliphatic rings. The number of aromatic amines is 1. The number of nitrogens with two attached hydrogens (primary N) is 1. The Hall–Kier alpha value is -3.36. The van der Waals surface area contributed by atoms with Gasteiger partial charge in [0.2, 0.25) is 5.95 Å². The van der Waals surface area contributed by atoms with Crippen molar-refractivity contribution in [3.8, 4) is 11.3 Å². The van der Waals surface area contributed by atoms with Crippen LogP contribution in [0.15, 0.2) is 27.4 Å². The lowest BCUT2D eigenvalue weighted by atomic mass is 10.1. The summed E-state index contributed by atoms with van der Waals surface area (Å²) in [7, 11) is 1.70. The average Bonchev–Trinajstić information content (AvgIpc) is 3.13. The number of oxazole rings is 1. The Morgan fingerprint density at radius 1 is 1.32 bits per heavy atom. The number of nitrogens with zero attached hydrogens (tertiary/aromatic N) is 4. The molecule has 4 N–H and O–H groups in total. The maximum absolute atomic E-state index is 12.6. The van der Waals surface area contributed by atoms with E-state index in [1.54, 1.807) is 23.9 Å². The van der Waals surface area contributed by atoms with Gasteiger partial charge >= 0.3 is 0 Å².